The van der Waals surface area contributed by atoms with Gasteiger partial charge in [-0.05, 0) is 31.0 Å². The van der Waals surface area contributed by atoms with Crippen LogP contribution in [0.2, 0.25) is 0 Å². The third kappa shape index (κ3) is 4.22. The van der Waals surface area contributed by atoms with Crippen molar-refractivity contribution in [2.24, 2.45) is 0 Å². The van der Waals surface area contributed by atoms with Gasteiger partial charge in [0.05, 0.1) is 6.54 Å². The van der Waals surface area contributed by atoms with Crippen LogP contribution in [0, 0.1) is 19.7 Å². The second-order valence-electron chi connectivity index (χ2n) is 4.81. The molecule has 1 N–H and O–H groups in total. The van der Waals surface area contributed by atoms with E-state index in [0.717, 1.165) is 15.6 Å². The number of carbonyl (C=O) groups excluding carboxylic acids is 1. The maximum absolute atomic E-state index is 13.4. The van der Waals surface area contributed by atoms with E-state index in [9.17, 15) is 9.18 Å². The van der Waals surface area contributed by atoms with E-state index in [0.29, 0.717) is 12.1 Å². The zero-order chi connectivity index (χ0) is 15.4. The van der Waals surface area contributed by atoms with E-state index in [2.05, 4.69) is 15.5 Å². The van der Waals surface area contributed by atoms with Gasteiger partial charge in [0.15, 0.2) is 0 Å². The van der Waals surface area contributed by atoms with Crippen LogP contribution < -0.4 is 5.32 Å². The zero-order valence-electron chi connectivity index (χ0n) is 12.2. The normalized spacial score (nSPS) is 10.5. The maximum Gasteiger partial charge on any atom is 0.317 e. The Labute approximate surface area is 126 Å². The van der Waals surface area contributed by atoms with Crippen molar-refractivity contribution in [2.45, 2.75) is 26.9 Å². The molecule has 0 aliphatic rings. The zero-order valence-corrected chi connectivity index (χ0v) is 13.0. The summed E-state index contributed by atoms with van der Waals surface area (Å²) in [6, 6.07) is 4.70. The van der Waals surface area contributed by atoms with Gasteiger partial charge in [-0.15, -0.1) is 10.2 Å². The third-order valence-electron chi connectivity index (χ3n) is 2.97. The first-order valence-corrected chi connectivity index (χ1v) is 7.30. The molecule has 0 fully saturated rings. The molecule has 2 aromatic rings. The third-order valence-corrected chi connectivity index (χ3v) is 3.79. The number of halogens is 1. The van der Waals surface area contributed by atoms with Crippen LogP contribution >= 0.6 is 11.3 Å². The first kappa shape index (κ1) is 15.4. The van der Waals surface area contributed by atoms with Crippen molar-refractivity contribution in [1.82, 2.24) is 20.4 Å². The van der Waals surface area contributed by atoms with Crippen molar-refractivity contribution in [3.8, 4) is 0 Å². The first-order valence-electron chi connectivity index (χ1n) is 6.48. The molecule has 0 atom stereocenters. The molecule has 2 amide bonds. The molecular formula is C14H17FN4OS. The number of rotatable bonds is 4. The fourth-order valence-corrected chi connectivity index (χ4v) is 2.50. The summed E-state index contributed by atoms with van der Waals surface area (Å²) < 4.78 is 13.4. The summed E-state index contributed by atoms with van der Waals surface area (Å²) in [5, 5.41) is 12.3. The molecular weight excluding hydrogens is 291 g/mol. The standard InChI is InChI=1S/C14H17FN4OS/c1-9-4-5-11(6-12(9)15)7-16-14(20)19(3)8-13-18-17-10(2)21-13/h4-6H,7-8H2,1-3H3,(H,16,20). The highest BCUT2D eigenvalue weighted by molar-refractivity contribution is 7.11. The molecule has 5 nitrogen and oxygen atoms in total. The molecule has 0 spiro atoms. The van der Waals surface area contributed by atoms with E-state index in [1.807, 2.05) is 6.92 Å². The van der Waals surface area contributed by atoms with Crippen LogP contribution in [0.3, 0.4) is 0 Å². The van der Waals surface area contributed by atoms with Gasteiger partial charge in [0.2, 0.25) is 0 Å². The number of nitrogens with zero attached hydrogens (tertiary/aromatic N) is 3. The molecule has 1 aromatic carbocycles. The fraction of sp³-hybridized carbons (Fsp3) is 0.357. The predicted molar refractivity (Wildman–Crippen MR) is 79.5 cm³/mol. The molecule has 0 aliphatic heterocycles. The van der Waals surface area contributed by atoms with Crippen molar-refractivity contribution in [1.29, 1.82) is 0 Å². The summed E-state index contributed by atoms with van der Waals surface area (Å²) in [5.74, 6) is -0.264. The van der Waals surface area contributed by atoms with E-state index < -0.39 is 0 Å². The van der Waals surface area contributed by atoms with Crippen molar-refractivity contribution in [3.63, 3.8) is 0 Å². The lowest BCUT2D eigenvalue weighted by atomic mass is 10.1. The summed E-state index contributed by atoms with van der Waals surface area (Å²) in [6.07, 6.45) is 0. The van der Waals surface area contributed by atoms with Crippen LogP contribution in [0.15, 0.2) is 18.2 Å². The number of aromatic nitrogens is 2. The van der Waals surface area contributed by atoms with Gasteiger partial charge in [-0.2, -0.15) is 0 Å². The minimum Gasteiger partial charge on any atom is -0.334 e. The Hall–Kier alpha value is -2.02. The molecule has 0 saturated carbocycles. The smallest absolute Gasteiger partial charge is 0.317 e. The lowest BCUT2D eigenvalue weighted by Gasteiger charge is -2.16. The predicted octanol–water partition coefficient (Wildman–Crippen LogP) is 2.64. The summed E-state index contributed by atoms with van der Waals surface area (Å²) in [7, 11) is 1.68. The van der Waals surface area contributed by atoms with E-state index in [4.69, 9.17) is 0 Å². The molecule has 0 bridgehead atoms. The number of amides is 2. The number of benzene rings is 1. The van der Waals surface area contributed by atoms with Crippen LogP contribution in [0.25, 0.3) is 0 Å². The highest BCUT2D eigenvalue weighted by Gasteiger charge is 2.11. The second kappa shape index (κ2) is 6.62. The highest BCUT2D eigenvalue weighted by Crippen LogP contribution is 2.11. The molecule has 0 radical (unpaired) electrons. The Morgan fingerprint density at radius 2 is 2.14 bits per heavy atom. The molecule has 1 heterocycles. The SMILES string of the molecule is Cc1nnc(CN(C)C(=O)NCc2ccc(C)c(F)c2)s1. The van der Waals surface area contributed by atoms with Crippen molar-refractivity contribution < 1.29 is 9.18 Å². The monoisotopic (exact) mass is 308 g/mol. The summed E-state index contributed by atoms with van der Waals surface area (Å²) >= 11 is 1.46. The van der Waals surface area contributed by atoms with Gasteiger partial charge in [0, 0.05) is 13.6 Å². The number of urea groups is 1. The van der Waals surface area contributed by atoms with Crippen molar-refractivity contribution >= 4 is 17.4 Å². The molecule has 7 heteroatoms. The Kier molecular flexibility index (Phi) is 4.85. The number of aryl methyl sites for hydroxylation is 2. The van der Waals surface area contributed by atoms with Crippen LogP contribution in [-0.2, 0) is 13.1 Å². The van der Waals surface area contributed by atoms with Crippen molar-refractivity contribution in [2.75, 3.05) is 7.05 Å². The summed E-state index contributed by atoms with van der Waals surface area (Å²) in [5.41, 5.74) is 1.32. The molecule has 112 valence electrons. The average Bonchev–Trinajstić information content (AvgIpc) is 2.85. The molecule has 0 aliphatic carbocycles. The lowest BCUT2D eigenvalue weighted by molar-refractivity contribution is 0.206. The van der Waals surface area contributed by atoms with Gasteiger partial charge in [0.1, 0.15) is 15.8 Å². The Morgan fingerprint density at radius 3 is 2.76 bits per heavy atom. The molecule has 1 aromatic heterocycles. The Balaban J connectivity index is 1.87. The van der Waals surface area contributed by atoms with Gasteiger partial charge in [-0.1, -0.05) is 23.5 Å². The minimum atomic E-state index is -0.264. The van der Waals surface area contributed by atoms with Crippen LogP contribution in [0.5, 0.6) is 0 Å². The summed E-state index contributed by atoms with van der Waals surface area (Å²) in [6.45, 7) is 4.26. The first-order chi connectivity index (χ1) is 9.95. The Bertz CT molecular complexity index is 644. The molecule has 0 saturated heterocycles. The van der Waals surface area contributed by atoms with Gasteiger partial charge >= 0.3 is 6.03 Å². The van der Waals surface area contributed by atoms with Crippen LogP contribution in [0.4, 0.5) is 9.18 Å². The van der Waals surface area contributed by atoms with Gasteiger partial charge in [-0.3, -0.25) is 0 Å². The number of carbonyl (C=O) groups is 1. The van der Waals surface area contributed by atoms with E-state index in [-0.39, 0.29) is 18.4 Å². The number of hydrogen-bond acceptors (Lipinski definition) is 4. The second-order valence-corrected chi connectivity index (χ2v) is 6.08. The van der Waals surface area contributed by atoms with E-state index >= 15 is 0 Å². The minimum absolute atomic E-state index is 0.233. The average molecular weight is 308 g/mol. The largest absolute Gasteiger partial charge is 0.334 e. The number of hydrogen-bond donors (Lipinski definition) is 1. The van der Waals surface area contributed by atoms with Crippen LogP contribution in [0.1, 0.15) is 21.1 Å². The quantitative estimate of drug-likeness (QED) is 0.944. The molecule has 0 unspecified atom stereocenters. The van der Waals surface area contributed by atoms with Crippen LogP contribution in [-0.4, -0.2) is 28.2 Å². The Morgan fingerprint density at radius 1 is 1.38 bits per heavy atom. The van der Waals surface area contributed by atoms with Gasteiger partial charge in [0.25, 0.3) is 0 Å². The van der Waals surface area contributed by atoms with E-state index in [1.165, 1.54) is 22.3 Å². The van der Waals surface area contributed by atoms with Gasteiger partial charge in [-0.25, -0.2) is 9.18 Å². The topological polar surface area (TPSA) is 58.1 Å². The molecule has 2 rings (SSSR count). The lowest BCUT2D eigenvalue weighted by Crippen LogP contribution is -2.36. The van der Waals surface area contributed by atoms with Gasteiger partial charge < -0.3 is 10.2 Å². The van der Waals surface area contributed by atoms with E-state index in [1.54, 1.807) is 26.1 Å². The maximum atomic E-state index is 13.4. The van der Waals surface area contributed by atoms with Crippen molar-refractivity contribution in [3.05, 3.63) is 45.2 Å². The summed E-state index contributed by atoms with van der Waals surface area (Å²) in [4.78, 5) is 13.5. The highest BCUT2D eigenvalue weighted by atomic mass is 32.1. The molecule has 21 heavy (non-hydrogen) atoms. The fourth-order valence-electron chi connectivity index (χ4n) is 1.74. The number of nitrogens with one attached hydrogen (secondary N) is 1.